The van der Waals surface area contributed by atoms with Crippen molar-refractivity contribution in [2.75, 3.05) is 0 Å². The Hall–Kier alpha value is -1.66. The monoisotopic (exact) mass is 757 g/mol. The molecule has 0 amide bonds. The molecule has 0 heterocycles. The van der Waals surface area contributed by atoms with Gasteiger partial charge in [-0.2, -0.15) is 0 Å². The van der Waals surface area contributed by atoms with Gasteiger partial charge in [-0.3, -0.25) is 0 Å². The van der Waals surface area contributed by atoms with E-state index in [0.29, 0.717) is 0 Å². The summed E-state index contributed by atoms with van der Waals surface area (Å²) in [6.45, 7) is 6.79. The highest BCUT2D eigenvalue weighted by atomic mass is 14.0. The molecule has 0 atom stereocenters. The van der Waals surface area contributed by atoms with Gasteiger partial charge in [0.25, 0.3) is 0 Å². The second-order valence-corrected chi connectivity index (χ2v) is 17.6. The fourth-order valence-corrected chi connectivity index (χ4v) is 8.19. The van der Waals surface area contributed by atoms with E-state index >= 15 is 0 Å². The van der Waals surface area contributed by atoms with Crippen molar-refractivity contribution in [1.29, 1.82) is 0 Å². The number of hydrogen-bond donors (Lipinski definition) is 0. The van der Waals surface area contributed by atoms with E-state index in [1.54, 1.807) is 0 Å². The zero-order valence-electron chi connectivity index (χ0n) is 37.9. The molecular formula is C55H96. The van der Waals surface area contributed by atoms with Crippen LogP contribution in [0.3, 0.4) is 0 Å². The van der Waals surface area contributed by atoms with Gasteiger partial charge >= 0.3 is 0 Å². The van der Waals surface area contributed by atoms with E-state index in [0.717, 1.165) is 24.0 Å². The molecule has 0 aliphatic carbocycles. The maximum Gasteiger partial charge on any atom is 0.0260 e. The molecule has 0 aliphatic rings. The van der Waals surface area contributed by atoms with Crippen molar-refractivity contribution in [3.63, 3.8) is 0 Å². The summed E-state index contributed by atoms with van der Waals surface area (Å²) in [7, 11) is 0. The highest BCUT2D eigenvalue weighted by Crippen LogP contribution is 2.17. The highest BCUT2D eigenvalue weighted by molar-refractivity contribution is 5.46. The predicted octanol–water partition coefficient (Wildman–Crippen LogP) is 19.1. The molecule has 0 aromatic heterocycles. The van der Waals surface area contributed by atoms with Gasteiger partial charge in [0, 0.05) is 24.0 Å². The summed E-state index contributed by atoms with van der Waals surface area (Å²) in [5.41, 5.74) is 3.54. The van der Waals surface area contributed by atoms with Crippen molar-refractivity contribution >= 4 is 0 Å². The third-order valence-corrected chi connectivity index (χ3v) is 11.9. The first-order valence-electron chi connectivity index (χ1n) is 25.4. The van der Waals surface area contributed by atoms with Gasteiger partial charge in [-0.05, 0) is 43.5 Å². The molecule has 55 heavy (non-hydrogen) atoms. The Morgan fingerprint density at radius 2 is 0.473 bits per heavy atom. The van der Waals surface area contributed by atoms with Crippen molar-refractivity contribution in [1.82, 2.24) is 0 Å². The molecule has 0 heteroatoms. The molecule has 0 saturated heterocycles. The quantitative estimate of drug-likeness (QED) is 0.0462. The van der Waals surface area contributed by atoms with Crippen LogP contribution in [0.1, 0.15) is 300 Å². The second kappa shape index (κ2) is 43.5. The number of unbranched alkanes of at least 4 members (excludes halogenated alkanes) is 40. The van der Waals surface area contributed by atoms with E-state index in [2.05, 4.69) is 62.7 Å². The van der Waals surface area contributed by atoms with Crippen molar-refractivity contribution in [2.45, 2.75) is 290 Å². The van der Waals surface area contributed by atoms with E-state index in [9.17, 15) is 0 Å². The molecular weight excluding hydrogens is 661 g/mol. The van der Waals surface area contributed by atoms with Gasteiger partial charge in [-0.15, -0.1) is 0 Å². The van der Waals surface area contributed by atoms with Gasteiger partial charge in [-0.1, -0.05) is 282 Å². The largest absolute Gasteiger partial charge is 0.0979 e. The Kier molecular flexibility index (Phi) is 40.6. The number of aryl methyl sites for hydroxylation is 1. The topological polar surface area (TPSA) is 0 Å². The zero-order valence-corrected chi connectivity index (χ0v) is 37.9. The second-order valence-electron chi connectivity index (χ2n) is 17.6. The summed E-state index contributed by atoms with van der Waals surface area (Å²) in [6, 6.07) is 6.63. The molecule has 1 rings (SSSR count). The van der Waals surface area contributed by atoms with Crippen LogP contribution in [0, 0.1) is 30.6 Å². The molecule has 0 spiro atoms. The molecule has 316 valence electrons. The highest BCUT2D eigenvalue weighted by Gasteiger charge is 1.98. The van der Waals surface area contributed by atoms with Crippen LogP contribution in [-0.4, -0.2) is 0 Å². The normalized spacial score (nSPS) is 11.0. The maximum absolute atomic E-state index is 3.45. The van der Waals surface area contributed by atoms with Crippen LogP contribution in [0.4, 0.5) is 0 Å². The average Bonchev–Trinajstić information content (AvgIpc) is 3.18. The van der Waals surface area contributed by atoms with Gasteiger partial charge in [-0.25, -0.2) is 0 Å². The fourth-order valence-electron chi connectivity index (χ4n) is 8.19. The molecule has 0 fully saturated rings. The van der Waals surface area contributed by atoms with Crippen LogP contribution < -0.4 is 0 Å². The van der Waals surface area contributed by atoms with Gasteiger partial charge in [0.15, 0.2) is 0 Å². The van der Waals surface area contributed by atoms with Crippen LogP contribution in [0.2, 0.25) is 0 Å². The van der Waals surface area contributed by atoms with Crippen molar-refractivity contribution in [2.24, 2.45) is 0 Å². The van der Waals surface area contributed by atoms with Crippen molar-refractivity contribution in [3.8, 4) is 23.7 Å². The van der Waals surface area contributed by atoms with Gasteiger partial charge < -0.3 is 0 Å². The summed E-state index contributed by atoms with van der Waals surface area (Å²) in [5.74, 6) is 13.8. The minimum Gasteiger partial charge on any atom is -0.0979 e. The maximum atomic E-state index is 3.45. The Labute approximate surface area is 347 Å². The van der Waals surface area contributed by atoms with E-state index in [4.69, 9.17) is 0 Å². The Bertz CT molecular complexity index is 959. The third-order valence-electron chi connectivity index (χ3n) is 11.9. The molecule has 0 unspecified atom stereocenters. The lowest BCUT2D eigenvalue weighted by molar-refractivity contribution is 0.522. The van der Waals surface area contributed by atoms with Crippen LogP contribution in [0.5, 0.6) is 0 Å². The van der Waals surface area contributed by atoms with Gasteiger partial charge in [0.1, 0.15) is 0 Å². The Balaban J connectivity index is 1.91. The Morgan fingerprint density at radius 1 is 0.273 bits per heavy atom. The molecule has 0 aliphatic heterocycles. The van der Waals surface area contributed by atoms with E-state index in [1.165, 1.54) is 262 Å². The van der Waals surface area contributed by atoms with Crippen molar-refractivity contribution < 1.29 is 0 Å². The molecule has 1 aromatic carbocycles. The summed E-state index contributed by atoms with van der Waals surface area (Å²) in [6.07, 6.45) is 59.3. The summed E-state index contributed by atoms with van der Waals surface area (Å²) in [5, 5.41) is 0. The number of rotatable bonds is 40. The van der Waals surface area contributed by atoms with E-state index in [-0.39, 0.29) is 0 Å². The zero-order chi connectivity index (χ0) is 39.4. The first-order chi connectivity index (χ1) is 27.3. The van der Waals surface area contributed by atoms with Crippen LogP contribution in [0.15, 0.2) is 18.2 Å². The molecule has 0 nitrogen and oxygen atoms in total. The van der Waals surface area contributed by atoms with Gasteiger partial charge in [0.05, 0.1) is 0 Å². The smallest absolute Gasteiger partial charge is 0.0260 e. The third kappa shape index (κ3) is 39.0. The SMILES string of the molecule is CCCCCCCCCCCCCCCCCCCCCCC#Cc1cc(C)cc(C#CCCCCCCCCCCCCCCCCCCCCCC)c1. The minimum absolute atomic E-state index is 1.02. The van der Waals surface area contributed by atoms with E-state index in [1.807, 2.05) is 0 Å². The molecule has 0 bridgehead atoms. The lowest BCUT2D eigenvalue weighted by Crippen LogP contribution is -1.84. The molecule has 1 aromatic rings. The first kappa shape index (κ1) is 51.4. The summed E-state index contributed by atoms with van der Waals surface area (Å²) in [4.78, 5) is 0. The molecule has 0 saturated carbocycles. The first-order valence-corrected chi connectivity index (χ1v) is 25.4. The summed E-state index contributed by atoms with van der Waals surface area (Å²) < 4.78 is 0. The average molecular weight is 757 g/mol. The van der Waals surface area contributed by atoms with Crippen molar-refractivity contribution in [3.05, 3.63) is 34.9 Å². The minimum atomic E-state index is 1.02. The standard InChI is InChI=1S/C55H96/c1-4-6-8-10-12-14-16-18-20-22-24-26-28-30-32-34-36-38-40-42-44-46-48-54-50-53(3)51-55(52-54)49-47-45-43-41-39-37-35-33-31-29-27-25-23-21-19-17-15-13-11-9-7-5-2/h50-52H,4-45H2,1-3H3. The lowest BCUT2D eigenvalue weighted by Gasteiger charge is -2.04. The number of benzene rings is 1. The predicted molar refractivity (Wildman–Crippen MR) is 250 cm³/mol. The molecule has 0 N–H and O–H groups in total. The van der Waals surface area contributed by atoms with Crippen LogP contribution >= 0.6 is 0 Å². The fraction of sp³-hybridized carbons (Fsp3) is 0.818. The molecule has 0 radical (unpaired) electrons. The summed E-state index contributed by atoms with van der Waals surface area (Å²) >= 11 is 0. The Morgan fingerprint density at radius 3 is 0.691 bits per heavy atom. The van der Waals surface area contributed by atoms with Crippen LogP contribution in [0.25, 0.3) is 0 Å². The van der Waals surface area contributed by atoms with E-state index < -0.39 is 0 Å². The number of hydrogen-bond acceptors (Lipinski definition) is 0. The van der Waals surface area contributed by atoms with Crippen LogP contribution in [-0.2, 0) is 0 Å². The lowest BCUT2D eigenvalue weighted by atomic mass is 10.0. The van der Waals surface area contributed by atoms with Gasteiger partial charge in [0.2, 0.25) is 0 Å².